The first kappa shape index (κ1) is 14.3. The minimum Gasteiger partial charge on any atom is -0.397 e. The third-order valence-corrected chi connectivity index (χ3v) is 3.59. The van der Waals surface area contributed by atoms with Crippen molar-refractivity contribution in [2.24, 2.45) is 5.92 Å². The second-order valence-corrected chi connectivity index (χ2v) is 4.90. The molecule has 4 nitrogen and oxygen atoms in total. The van der Waals surface area contributed by atoms with Gasteiger partial charge in [-0.05, 0) is 25.0 Å². The van der Waals surface area contributed by atoms with E-state index in [1.807, 2.05) is 6.07 Å². The highest BCUT2D eigenvalue weighted by Crippen LogP contribution is 2.37. The van der Waals surface area contributed by atoms with Crippen LogP contribution in [0, 0.1) is 17.2 Å². The van der Waals surface area contributed by atoms with Crippen LogP contribution in [0.4, 0.5) is 30.2 Å². The minimum atomic E-state index is -4.22. The number of halogens is 3. The van der Waals surface area contributed by atoms with Gasteiger partial charge in [-0.15, -0.1) is 0 Å². The maximum atomic E-state index is 12.8. The molecule has 1 unspecified atom stereocenters. The van der Waals surface area contributed by atoms with Crippen molar-refractivity contribution in [2.45, 2.75) is 19.0 Å². The normalized spacial score (nSPS) is 19.7. The standard InChI is InChI=1S/C13H15F3N4/c14-13(15,16)8-2-1-5-20(7-8)11-4-3-10(18)12(19)9(11)6-17/h3-4,8H,1-2,5,7,18-19H2. The molecule has 7 heteroatoms. The number of piperidine rings is 1. The minimum absolute atomic E-state index is 0.117. The van der Waals surface area contributed by atoms with Crippen LogP contribution < -0.4 is 16.4 Å². The number of hydrogen-bond donors (Lipinski definition) is 2. The lowest BCUT2D eigenvalue weighted by Gasteiger charge is -2.35. The number of nitrogens with zero attached hydrogens (tertiary/aromatic N) is 2. The molecule has 0 amide bonds. The van der Waals surface area contributed by atoms with E-state index in [4.69, 9.17) is 16.7 Å². The first-order valence-electron chi connectivity index (χ1n) is 6.24. The van der Waals surface area contributed by atoms with Crippen molar-refractivity contribution >= 4 is 17.1 Å². The fourth-order valence-electron chi connectivity index (χ4n) is 2.47. The number of benzene rings is 1. The fourth-order valence-corrected chi connectivity index (χ4v) is 2.47. The van der Waals surface area contributed by atoms with Gasteiger partial charge >= 0.3 is 6.18 Å². The van der Waals surface area contributed by atoms with Gasteiger partial charge in [-0.3, -0.25) is 0 Å². The van der Waals surface area contributed by atoms with Crippen molar-refractivity contribution in [1.82, 2.24) is 0 Å². The van der Waals surface area contributed by atoms with Gasteiger partial charge in [0.2, 0.25) is 0 Å². The SMILES string of the molecule is N#Cc1c(N2CCCC(C(F)(F)F)C2)ccc(N)c1N. The monoisotopic (exact) mass is 284 g/mol. The van der Waals surface area contributed by atoms with Gasteiger partial charge in [0.1, 0.15) is 11.6 Å². The summed E-state index contributed by atoms with van der Waals surface area (Å²) in [6.45, 7) is 0.326. The van der Waals surface area contributed by atoms with Crippen LogP contribution in [0.1, 0.15) is 18.4 Å². The van der Waals surface area contributed by atoms with E-state index in [0.717, 1.165) is 0 Å². The van der Waals surface area contributed by atoms with Gasteiger partial charge in [-0.1, -0.05) is 0 Å². The summed E-state index contributed by atoms with van der Waals surface area (Å²) in [4.78, 5) is 1.57. The zero-order chi connectivity index (χ0) is 14.9. The van der Waals surface area contributed by atoms with E-state index in [1.54, 1.807) is 11.0 Å². The molecule has 1 aliphatic rings. The average Bonchev–Trinajstić information content (AvgIpc) is 2.41. The van der Waals surface area contributed by atoms with E-state index >= 15 is 0 Å². The quantitative estimate of drug-likeness (QED) is 0.777. The topological polar surface area (TPSA) is 79.1 Å². The molecular weight excluding hydrogens is 269 g/mol. The Hall–Kier alpha value is -2.10. The van der Waals surface area contributed by atoms with Gasteiger partial charge in [-0.2, -0.15) is 18.4 Å². The smallest absolute Gasteiger partial charge is 0.393 e. The van der Waals surface area contributed by atoms with E-state index in [1.165, 1.54) is 6.07 Å². The van der Waals surface area contributed by atoms with E-state index in [-0.39, 0.29) is 29.9 Å². The number of nitrogens with two attached hydrogens (primary N) is 2. The van der Waals surface area contributed by atoms with Crippen LogP contribution in [0.5, 0.6) is 0 Å². The molecule has 1 atom stereocenters. The third-order valence-electron chi connectivity index (χ3n) is 3.59. The summed E-state index contributed by atoms with van der Waals surface area (Å²) in [5, 5.41) is 9.15. The molecule has 1 aromatic rings. The summed E-state index contributed by atoms with van der Waals surface area (Å²) in [6, 6.07) is 5.00. The van der Waals surface area contributed by atoms with Crippen molar-refractivity contribution < 1.29 is 13.2 Å². The molecule has 1 saturated heterocycles. The van der Waals surface area contributed by atoms with Crippen molar-refractivity contribution in [3.8, 4) is 6.07 Å². The van der Waals surface area contributed by atoms with Crippen molar-refractivity contribution in [3.05, 3.63) is 17.7 Å². The van der Waals surface area contributed by atoms with Crippen LogP contribution in [-0.4, -0.2) is 19.3 Å². The molecular formula is C13H15F3N4. The molecule has 0 saturated carbocycles. The largest absolute Gasteiger partial charge is 0.397 e. The fraction of sp³-hybridized carbons (Fsp3) is 0.462. The Balaban J connectivity index is 2.33. The molecule has 20 heavy (non-hydrogen) atoms. The number of hydrogen-bond acceptors (Lipinski definition) is 4. The van der Waals surface area contributed by atoms with Crippen molar-refractivity contribution in [2.75, 3.05) is 29.5 Å². The van der Waals surface area contributed by atoms with E-state index in [0.29, 0.717) is 18.7 Å². The summed E-state index contributed by atoms with van der Waals surface area (Å²) < 4.78 is 38.5. The van der Waals surface area contributed by atoms with Gasteiger partial charge < -0.3 is 16.4 Å². The van der Waals surface area contributed by atoms with Gasteiger partial charge in [0.25, 0.3) is 0 Å². The molecule has 4 N–H and O–H groups in total. The van der Waals surface area contributed by atoms with E-state index < -0.39 is 12.1 Å². The maximum absolute atomic E-state index is 12.8. The average molecular weight is 284 g/mol. The third kappa shape index (κ3) is 2.59. The number of nitriles is 1. The lowest BCUT2D eigenvalue weighted by Crippen LogP contribution is -2.42. The molecule has 1 aliphatic heterocycles. The predicted molar refractivity (Wildman–Crippen MR) is 71.0 cm³/mol. The molecule has 0 bridgehead atoms. The molecule has 1 aromatic carbocycles. The Morgan fingerprint density at radius 1 is 1.30 bits per heavy atom. The van der Waals surface area contributed by atoms with Gasteiger partial charge in [0.05, 0.1) is 23.0 Å². The molecule has 108 valence electrons. The number of anilines is 3. The molecule has 2 rings (SSSR count). The van der Waals surface area contributed by atoms with Crippen molar-refractivity contribution in [3.63, 3.8) is 0 Å². The zero-order valence-electron chi connectivity index (χ0n) is 10.7. The van der Waals surface area contributed by atoms with Crippen LogP contribution in [0.25, 0.3) is 0 Å². The summed E-state index contributed by atoms with van der Waals surface area (Å²) in [5.74, 6) is -1.37. The zero-order valence-corrected chi connectivity index (χ0v) is 10.7. The summed E-state index contributed by atoms with van der Waals surface area (Å²) in [7, 11) is 0. The Labute approximate surface area is 114 Å². The number of alkyl halides is 3. The molecule has 0 radical (unpaired) electrons. The highest BCUT2D eigenvalue weighted by Gasteiger charge is 2.42. The number of nitrogen functional groups attached to an aromatic ring is 2. The van der Waals surface area contributed by atoms with Crippen LogP contribution >= 0.6 is 0 Å². The molecule has 0 aliphatic carbocycles. The Morgan fingerprint density at radius 2 is 2.00 bits per heavy atom. The van der Waals surface area contributed by atoms with Crippen LogP contribution in [0.3, 0.4) is 0 Å². The Kier molecular flexibility index (Phi) is 3.66. The van der Waals surface area contributed by atoms with E-state index in [9.17, 15) is 13.2 Å². The molecule has 1 heterocycles. The molecule has 0 aromatic heterocycles. The number of rotatable bonds is 1. The highest BCUT2D eigenvalue weighted by atomic mass is 19.4. The maximum Gasteiger partial charge on any atom is 0.393 e. The lowest BCUT2D eigenvalue weighted by molar-refractivity contribution is -0.175. The molecule has 1 fully saturated rings. The van der Waals surface area contributed by atoms with Crippen LogP contribution in [-0.2, 0) is 0 Å². The van der Waals surface area contributed by atoms with Crippen LogP contribution in [0.15, 0.2) is 12.1 Å². The Morgan fingerprint density at radius 3 is 2.60 bits per heavy atom. The molecule has 0 spiro atoms. The van der Waals surface area contributed by atoms with Gasteiger partial charge in [0, 0.05) is 13.1 Å². The first-order chi connectivity index (χ1) is 9.34. The Bertz CT molecular complexity index is 548. The second kappa shape index (κ2) is 5.12. The van der Waals surface area contributed by atoms with E-state index in [2.05, 4.69) is 0 Å². The van der Waals surface area contributed by atoms with Gasteiger partial charge in [-0.25, -0.2) is 0 Å². The van der Waals surface area contributed by atoms with Crippen LogP contribution in [0.2, 0.25) is 0 Å². The van der Waals surface area contributed by atoms with Gasteiger partial charge in [0.15, 0.2) is 0 Å². The summed E-state index contributed by atoms with van der Waals surface area (Å²) in [5.41, 5.74) is 12.3. The predicted octanol–water partition coefficient (Wildman–Crippen LogP) is 2.50. The second-order valence-electron chi connectivity index (χ2n) is 4.90. The lowest BCUT2D eigenvalue weighted by atomic mass is 9.96. The highest BCUT2D eigenvalue weighted by molar-refractivity contribution is 5.80. The van der Waals surface area contributed by atoms with Crippen molar-refractivity contribution in [1.29, 1.82) is 5.26 Å². The summed E-state index contributed by atoms with van der Waals surface area (Å²) >= 11 is 0. The summed E-state index contributed by atoms with van der Waals surface area (Å²) in [6.07, 6.45) is -3.67. The first-order valence-corrected chi connectivity index (χ1v) is 6.24.